The Labute approximate surface area is 113 Å². The number of carbonyl (C=O) groups is 1. The van der Waals surface area contributed by atoms with Gasteiger partial charge in [0.2, 0.25) is 5.91 Å². The second kappa shape index (κ2) is 9.28. The van der Waals surface area contributed by atoms with Crippen LogP contribution in [-0.2, 0) is 11.2 Å². The van der Waals surface area contributed by atoms with Crippen LogP contribution < -0.4 is 11.1 Å². The molecule has 0 saturated carbocycles. The van der Waals surface area contributed by atoms with E-state index in [1.54, 1.807) is 0 Å². The number of nitrogens with one attached hydrogen (secondary N) is 1. The SMILES string of the molecule is Cl.NCCCC(=O)NCCc1ccc(Cl)cc1. The normalized spacial score (nSPS) is 9.53. The fourth-order valence-electron chi connectivity index (χ4n) is 1.35. The monoisotopic (exact) mass is 276 g/mol. The molecule has 0 heterocycles. The molecule has 5 heteroatoms. The molecular weight excluding hydrogens is 259 g/mol. The maximum Gasteiger partial charge on any atom is 0.220 e. The van der Waals surface area contributed by atoms with E-state index in [1.807, 2.05) is 24.3 Å². The molecule has 0 aliphatic rings. The summed E-state index contributed by atoms with van der Waals surface area (Å²) in [5.74, 6) is 0.0689. The van der Waals surface area contributed by atoms with Crippen LogP contribution in [-0.4, -0.2) is 19.0 Å². The van der Waals surface area contributed by atoms with Crippen molar-refractivity contribution >= 4 is 29.9 Å². The van der Waals surface area contributed by atoms with E-state index < -0.39 is 0 Å². The number of carbonyl (C=O) groups excluding carboxylic acids is 1. The zero-order valence-corrected chi connectivity index (χ0v) is 11.2. The molecule has 0 radical (unpaired) electrons. The lowest BCUT2D eigenvalue weighted by atomic mass is 10.1. The highest BCUT2D eigenvalue weighted by atomic mass is 35.5. The van der Waals surface area contributed by atoms with Gasteiger partial charge in [0.05, 0.1) is 0 Å². The lowest BCUT2D eigenvalue weighted by Gasteiger charge is -2.04. The Balaban J connectivity index is 0.00000256. The first-order valence-electron chi connectivity index (χ1n) is 5.43. The average Bonchev–Trinajstić information content (AvgIpc) is 2.29. The Hall–Kier alpha value is -0.770. The van der Waals surface area contributed by atoms with E-state index in [2.05, 4.69) is 5.32 Å². The highest BCUT2D eigenvalue weighted by Gasteiger charge is 1.99. The fourth-order valence-corrected chi connectivity index (χ4v) is 1.47. The maximum absolute atomic E-state index is 11.3. The van der Waals surface area contributed by atoms with Crippen molar-refractivity contribution in [3.8, 4) is 0 Å². The van der Waals surface area contributed by atoms with E-state index in [9.17, 15) is 4.79 Å². The van der Waals surface area contributed by atoms with Crippen molar-refractivity contribution in [2.75, 3.05) is 13.1 Å². The molecule has 0 atom stereocenters. The standard InChI is InChI=1S/C12H17ClN2O.ClH/c13-11-5-3-10(4-6-11)7-9-15-12(16)2-1-8-14;/h3-6H,1-2,7-9,14H2,(H,15,16);1H. The van der Waals surface area contributed by atoms with E-state index in [4.69, 9.17) is 17.3 Å². The van der Waals surface area contributed by atoms with Gasteiger partial charge in [0.1, 0.15) is 0 Å². The molecule has 96 valence electrons. The van der Waals surface area contributed by atoms with Crippen molar-refractivity contribution in [1.29, 1.82) is 0 Å². The number of nitrogens with two attached hydrogens (primary N) is 1. The van der Waals surface area contributed by atoms with Crippen LogP contribution in [0.4, 0.5) is 0 Å². The van der Waals surface area contributed by atoms with Gasteiger partial charge in [-0.3, -0.25) is 4.79 Å². The quantitative estimate of drug-likeness (QED) is 0.837. The summed E-state index contributed by atoms with van der Waals surface area (Å²) < 4.78 is 0. The van der Waals surface area contributed by atoms with Crippen molar-refractivity contribution < 1.29 is 4.79 Å². The fraction of sp³-hybridized carbons (Fsp3) is 0.417. The highest BCUT2D eigenvalue weighted by Crippen LogP contribution is 2.09. The summed E-state index contributed by atoms with van der Waals surface area (Å²) in [6.45, 7) is 1.22. The molecule has 1 amide bonds. The number of benzene rings is 1. The maximum atomic E-state index is 11.3. The zero-order chi connectivity index (χ0) is 11.8. The van der Waals surface area contributed by atoms with Gasteiger partial charge in [0.25, 0.3) is 0 Å². The van der Waals surface area contributed by atoms with Gasteiger partial charge in [-0.25, -0.2) is 0 Å². The zero-order valence-electron chi connectivity index (χ0n) is 9.62. The van der Waals surface area contributed by atoms with Crippen LogP contribution >= 0.6 is 24.0 Å². The Morgan fingerprint density at radius 2 is 1.94 bits per heavy atom. The predicted molar refractivity (Wildman–Crippen MR) is 73.7 cm³/mol. The summed E-state index contributed by atoms with van der Waals surface area (Å²) in [6.07, 6.45) is 2.08. The van der Waals surface area contributed by atoms with Gasteiger partial charge in [-0.05, 0) is 37.1 Å². The van der Waals surface area contributed by atoms with E-state index in [-0.39, 0.29) is 18.3 Å². The Morgan fingerprint density at radius 1 is 1.29 bits per heavy atom. The van der Waals surface area contributed by atoms with Crippen molar-refractivity contribution in [2.45, 2.75) is 19.3 Å². The molecule has 0 aliphatic carbocycles. The van der Waals surface area contributed by atoms with E-state index >= 15 is 0 Å². The Kier molecular flexibility index (Phi) is 8.86. The van der Waals surface area contributed by atoms with Crippen molar-refractivity contribution in [2.24, 2.45) is 5.73 Å². The van der Waals surface area contributed by atoms with Crippen LogP contribution in [0.15, 0.2) is 24.3 Å². The second-order valence-corrected chi connectivity index (χ2v) is 4.06. The summed E-state index contributed by atoms with van der Waals surface area (Å²) >= 11 is 5.77. The number of halogens is 2. The predicted octanol–water partition coefficient (Wildman–Crippen LogP) is 2.16. The Morgan fingerprint density at radius 3 is 2.53 bits per heavy atom. The van der Waals surface area contributed by atoms with Crippen LogP contribution in [0.5, 0.6) is 0 Å². The molecule has 1 aromatic rings. The van der Waals surface area contributed by atoms with Crippen LogP contribution in [0.1, 0.15) is 18.4 Å². The van der Waals surface area contributed by atoms with Crippen LogP contribution in [0.3, 0.4) is 0 Å². The van der Waals surface area contributed by atoms with E-state index in [0.29, 0.717) is 19.5 Å². The number of rotatable bonds is 6. The third-order valence-corrected chi connectivity index (χ3v) is 2.51. The summed E-state index contributed by atoms with van der Waals surface area (Å²) in [6, 6.07) is 7.64. The van der Waals surface area contributed by atoms with Crippen molar-refractivity contribution in [3.05, 3.63) is 34.9 Å². The molecule has 0 aromatic heterocycles. The van der Waals surface area contributed by atoms with E-state index in [1.165, 1.54) is 5.56 Å². The lowest BCUT2D eigenvalue weighted by Crippen LogP contribution is -2.25. The van der Waals surface area contributed by atoms with Gasteiger partial charge in [-0.15, -0.1) is 12.4 Å². The van der Waals surface area contributed by atoms with Gasteiger partial charge in [0.15, 0.2) is 0 Å². The molecule has 0 bridgehead atoms. The first-order valence-corrected chi connectivity index (χ1v) is 5.81. The molecule has 3 nitrogen and oxygen atoms in total. The van der Waals surface area contributed by atoms with Gasteiger partial charge in [0, 0.05) is 18.0 Å². The third kappa shape index (κ3) is 7.21. The topological polar surface area (TPSA) is 55.1 Å². The minimum absolute atomic E-state index is 0. The molecule has 17 heavy (non-hydrogen) atoms. The molecule has 0 saturated heterocycles. The van der Waals surface area contributed by atoms with Crippen LogP contribution in [0.25, 0.3) is 0 Å². The van der Waals surface area contributed by atoms with Gasteiger partial charge < -0.3 is 11.1 Å². The highest BCUT2D eigenvalue weighted by molar-refractivity contribution is 6.30. The molecular formula is C12H18Cl2N2O. The van der Waals surface area contributed by atoms with Gasteiger partial charge in [-0.1, -0.05) is 23.7 Å². The van der Waals surface area contributed by atoms with Crippen molar-refractivity contribution in [3.63, 3.8) is 0 Å². The molecule has 0 aliphatic heterocycles. The van der Waals surface area contributed by atoms with Crippen molar-refractivity contribution in [1.82, 2.24) is 5.32 Å². The third-order valence-electron chi connectivity index (χ3n) is 2.26. The smallest absolute Gasteiger partial charge is 0.220 e. The average molecular weight is 277 g/mol. The number of hydrogen-bond acceptors (Lipinski definition) is 2. The molecule has 0 fully saturated rings. The molecule has 0 unspecified atom stereocenters. The first-order chi connectivity index (χ1) is 7.72. The molecule has 0 spiro atoms. The van der Waals surface area contributed by atoms with Crippen LogP contribution in [0, 0.1) is 0 Å². The van der Waals surface area contributed by atoms with Crippen LogP contribution in [0.2, 0.25) is 5.02 Å². The second-order valence-electron chi connectivity index (χ2n) is 3.62. The number of amides is 1. The Bertz CT molecular complexity index is 328. The number of hydrogen-bond donors (Lipinski definition) is 2. The van der Waals surface area contributed by atoms with Gasteiger partial charge >= 0.3 is 0 Å². The van der Waals surface area contributed by atoms with Gasteiger partial charge in [-0.2, -0.15) is 0 Å². The summed E-state index contributed by atoms with van der Waals surface area (Å²) in [5, 5.41) is 3.59. The van der Waals surface area contributed by atoms with E-state index in [0.717, 1.165) is 17.9 Å². The molecule has 3 N–H and O–H groups in total. The largest absolute Gasteiger partial charge is 0.356 e. The first kappa shape index (κ1) is 16.2. The minimum Gasteiger partial charge on any atom is -0.356 e. The molecule has 1 aromatic carbocycles. The lowest BCUT2D eigenvalue weighted by molar-refractivity contribution is -0.121. The summed E-state index contributed by atoms with van der Waals surface area (Å²) in [4.78, 5) is 11.3. The molecule has 1 rings (SSSR count). The summed E-state index contributed by atoms with van der Waals surface area (Å²) in [5.41, 5.74) is 6.49. The summed E-state index contributed by atoms with van der Waals surface area (Å²) in [7, 11) is 0. The minimum atomic E-state index is 0.